The molecule has 0 aliphatic carbocycles. The van der Waals surface area contributed by atoms with Crippen molar-refractivity contribution in [1.29, 1.82) is 0 Å². The number of hydrogen-bond donors (Lipinski definition) is 3. The van der Waals surface area contributed by atoms with Gasteiger partial charge in [-0.1, -0.05) is 12.1 Å². The van der Waals surface area contributed by atoms with E-state index in [0.29, 0.717) is 5.56 Å². The largest absolute Gasteiger partial charge is 0.435 e. The van der Waals surface area contributed by atoms with Gasteiger partial charge in [0.25, 0.3) is 5.91 Å². The van der Waals surface area contributed by atoms with E-state index in [2.05, 4.69) is 20.3 Å². The normalized spacial score (nSPS) is 12.2. The summed E-state index contributed by atoms with van der Waals surface area (Å²) in [6.07, 6.45) is -0.968. The van der Waals surface area contributed by atoms with Crippen LogP contribution in [0.15, 0.2) is 30.3 Å². The van der Waals surface area contributed by atoms with Crippen LogP contribution in [0.2, 0.25) is 0 Å². The molecule has 1 atom stereocenters. The molecular formula is C14H15F2N3O3. The fraction of sp³-hybridized carbons (Fsp3) is 0.286. The first-order valence-electron chi connectivity index (χ1n) is 6.48. The Balaban J connectivity index is 1.89. The monoisotopic (exact) mass is 311 g/mol. The predicted molar refractivity (Wildman–Crippen MR) is 73.7 cm³/mol. The number of alkyl halides is 2. The number of aromatic amines is 1. The van der Waals surface area contributed by atoms with Gasteiger partial charge in [-0.05, 0) is 30.7 Å². The zero-order valence-corrected chi connectivity index (χ0v) is 11.7. The maximum Gasteiger partial charge on any atom is 0.387 e. The highest BCUT2D eigenvalue weighted by molar-refractivity contribution is 5.92. The Morgan fingerprint density at radius 3 is 2.64 bits per heavy atom. The van der Waals surface area contributed by atoms with Crippen molar-refractivity contribution in [3.8, 4) is 5.75 Å². The van der Waals surface area contributed by atoms with Gasteiger partial charge in [-0.25, -0.2) is 0 Å². The summed E-state index contributed by atoms with van der Waals surface area (Å²) in [5.41, 5.74) is 1.45. The first kappa shape index (κ1) is 15.9. The van der Waals surface area contributed by atoms with E-state index in [1.165, 1.54) is 24.3 Å². The summed E-state index contributed by atoms with van der Waals surface area (Å²) in [5.74, 6) is -0.414. The maximum absolute atomic E-state index is 12.0. The number of amides is 1. The number of nitrogens with one attached hydrogen (secondary N) is 2. The standard InChI is InChI=1S/C14H15F2N3O3/c1-8-6-11(19-18-8)13(21)17-7-12(20)9-2-4-10(5-3-9)22-14(15)16/h2-6,12,14,20H,7H2,1H3,(H,17,21)(H,18,19). The number of ether oxygens (including phenoxy) is 1. The average Bonchev–Trinajstić information content (AvgIpc) is 2.91. The van der Waals surface area contributed by atoms with Crippen molar-refractivity contribution in [3.05, 3.63) is 47.3 Å². The zero-order chi connectivity index (χ0) is 16.1. The third-order valence-electron chi connectivity index (χ3n) is 2.88. The van der Waals surface area contributed by atoms with Crippen LogP contribution in [0, 0.1) is 6.92 Å². The lowest BCUT2D eigenvalue weighted by Crippen LogP contribution is -2.28. The molecule has 22 heavy (non-hydrogen) atoms. The van der Waals surface area contributed by atoms with Crippen LogP contribution in [0.25, 0.3) is 0 Å². The number of H-pyrrole nitrogens is 1. The van der Waals surface area contributed by atoms with E-state index >= 15 is 0 Å². The van der Waals surface area contributed by atoms with E-state index in [4.69, 9.17) is 0 Å². The van der Waals surface area contributed by atoms with Gasteiger partial charge < -0.3 is 15.2 Å². The molecule has 0 spiro atoms. The molecule has 0 fully saturated rings. The highest BCUT2D eigenvalue weighted by Crippen LogP contribution is 2.19. The van der Waals surface area contributed by atoms with Crippen molar-refractivity contribution in [2.45, 2.75) is 19.6 Å². The minimum absolute atomic E-state index is 0.00184. The van der Waals surface area contributed by atoms with E-state index in [1.54, 1.807) is 13.0 Å². The van der Waals surface area contributed by atoms with E-state index in [0.717, 1.165) is 5.69 Å². The molecule has 0 saturated heterocycles. The van der Waals surface area contributed by atoms with Crippen molar-refractivity contribution >= 4 is 5.91 Å². The molecule has 0 aliphatic rings. The molecule has 1 aromatic heterocycles. The summed E-state index contributed by atoms with van der Waals surface area (Å²) in [4.78, 5) is 11.8. The van der Waals surface area contributed by atoms with Crippen LogP contribution < -0.4 is 10.1 Å². The molecule has 2 aromatic rings. The summed E-state index contributed by atoms with van der Waals surface area (Å²) in [6.45, 7) is -1.16. The van der Waals surface area contributed by atoms with Gasteiger partial charge in [-0.3, -0.25) is 9.89 Å². The van der Waals surface area contributed by atoms with Crippen LogP contribution in [-0.2, 0) is 0 Å². The van der Waals surface area contributed by atoms with Crippen LogP contribution >= 0.6 is 0 Å². The van der Waals surface area contributed by atoms with Gasteiger partial charge in [0.15, 0.2) is 0 Å². The number of aliphatic hydroxyl groups is 1. The number of aromatic nitrogens is 2. The Hall–Kier alpha value is -2.48. The van der Waals surface area contributed by atoms with Crippen LogP contribution in [0.4, 0.5) is 8.78 Å². The lowest BCUT2D eigenvalue weighted by Gasteiger charge is -2.12. The van der Waals surface area contributed by atoms with Crippen LogP contribution in [0.3, 0.4) is 0 Å². The van der Waals surface area contributed by atoms with Crippen LogP contribution in [-0.4, -0.2) is 34.4 Å². The number of aliphatic hydroxyl groups excluding tert-OH is 1. The summed E-state index contributed by atoms with van der Waals surface area (Å²) in [5, 5.41) is 18.9. The van der Waals surface area contributed by atoms with Gasteiger partial charge in [0, 0.05) is 12.2 Å². The first-order valence-corrected chi connectivity index (χ1v) is 6.48. The second-order valence-electron chi connectivity index (χ2n) is 4.61. The van der Waals surface area contributed by atoms with Gasteiger partial charge in [0.05, 0.1) is 6.10 Å². The van der Waals surface area contributed by atoms with E-state index in [9.17, 15) is 18.7 Å². The fourth-order valence-electron chi connectivity index (χ4n) is 1.80. The summed E-state index contributed by atoms with van der Waals surface area (Å²) in [7, 11) is 0. The third-order valence-corrected chi connectivity index (χ3v) is 2.88. The van der Waals surface area contributed by atoms with Crippen molar-refractivity contribution in [1.82, 2.24) is 15.5 Å². The molecule has 6 nitrogen and oxygen atoms in total. The number of rotatable bonds is 6. The first-order chi connectivity index (χ1) is 10.5. The van der Waals surface area contributed by atoms with E-state index in [-0.39, 0.29) is 18.0 Å². The van der Waals surface area contributed by atoms with Gasteiger partial charge in [-0.2, -0.15) is 13.9 Å². The van der Waals surface area contributed by atoms with Crippen molar-refractivity contribution in [3.63, 3.8) is 0 Å². The second-order valence-corrected chi connectivity index (χ2v) is 4.61. The van der Waals surface area contributed by atoms with Gasteiger partial charge in [-0.15, -0.1) is 0 Å². The third kappa shape index (κ3) is 4.26. The van der Waals surface area contributed by atoms with E-state index in [1.807, 2.05) is 0 Å². The summed E-state index contributed by atoms with van der Waals surface area (Å²) in [6, 6.07) is 7.13. The quantitative estimate of drug-likeness (QED) is 0.759. The number of halogens is 2. The molecule has 1 aromatic carbocycles. The van der Waals surface area contributed by atoms with Crippen molar-refractivity contribution in [2.75, 3.05) is 6.54 Å². The van der Waals surface area contributed by atoms with Crippen LogP contribution in [0.5, 0.6) is 5.75 Å². The SMILES string of the molecule is Cc1cc(C(=O)NCC(O)c2ccc(OC(F)F)cc2)n[nH]1. The topological polar surface area (TPSA) is 87.2 Å². The lowest BCUT2D eigenvalue weighted by molar-refractivity contribution is -0.0498. The van der Waals surface area contributed by atoms with E-state index < -0.39 is 18.6 Å². The molecule has 0 aliphatic heterocycles. The summed E-state index contributed by atoms with van der Waals surface area (Å²) < 4.78 is 28.3. The smallest absolute Gasteiger partial charge is 0.387 e. The van der Waals surface area contributed by atoms with Gasteiger partial charge in [0.2, 0.25) is 0 Å². The lowest BCUT2D eigenvalue weighted by atomic mass is 10.1. The summed E-state index contributed by atoms with van der Waals surface area (Å²) >= 11 is 0. The number of carbonyl (C=O) groups excluding carboxylic acids is 1. The molecule has 0 bridgehead atoms. The van der Waals surface area contributed by atoms with Crippen molar-refractivity contribution < 1.29 is 23.4 Å². The number of hydrogen-bond acceptors (Lipinski definition) is 4. The molecule has 3 N–H and O–H groups in total. The molecule has 2 rings (SSSR count). The zero-order valence-electron chi connectivity index (χ0n) is 11.7. The molecule has 0 radical (unpaired) electrons. The molecule has 8 heteroatoms. The Kier molecular flexibility index (Phi) is 5.05. The Morgan fingerprint density at radius 2 is 2.09 bits per heavy atom. The highest BCUT2D eigenvalue weighted by atomic mass is 19.3. The van der Waals surface area contributed by atoms with Gasteiger partial charge >= 0.3 is 6.61 Å². The Bertz CT molecular complexity index is 629. The van der Waals surface area contributed by atoms with Crippen LogP contribution in [0.1, 0.15) is 27.8 Å². The number of carbonyl (C=O) groups is 1. The molecule has 118 valence electrons. The fourth-order valence-corrected chi connectivity index (χ4v) is 1.80. The molecule has 1 amide bonds. The molecule has 1 unspecified atom stereocenters. The minimum Gasteiger partial charge on any atom is -0.435 e. The number of benzene rings is 1. The molecule has 0 saturated carbocycles. The predicted octanol–water partition coefficient (Wildman–Crippen LogP) is 1.78. The van der Waals surface area contributed by atoms with Gasteiger partial charge in [0.1, 0.15) is 11.4 Å². The number of aryl methyl sites for hydroxylation is 1. The molecular weight excluding hydrogens is 296 g/mol. The second kappa shape index (κ2) is 6.99. The Morgan fingerprint density at radius 1 is 1.41 bits per heavy atom. The number of nitrogens with zero attached hydrogens (tertiary/aromatic N) is 1. The Labute approximate surface area is 125 Å². The average molecular weight is 311 g/mol. The van der Waals surface area contributed by atoms with Crippen molar-refractivity contribution in [2.24, 2.45) is 0 Å². The minimum atomic E-state index is -2.90. The highest BCUT2D eigenvalue weighted by Gasteiger charge is 2.13. The molecule has 1 heterocycles. The maximum atomic E-state index is 12.0.